The Hall–Kier alpha value is -3.40. The predicted molar refractivity (Wildman–Crippen MR) is 104 cm³/mol. The van der Waals surface area contributed by atoms with Gasteiger partial charge in [-0.25, -0.2) is 0 Å². The fourth-order valence-electron chi connectivity index (χ4n) is 3.14. The second kappa shape index (κ2) is 5.60. The molecule has 0 atom stereocenters. The maximum Gasteiger partial charge on any atom is 0.197 e. The van der Waals surface area contributed by atoms with Crippen molar-refractivity contribution < 1.29 is 0 Å². The van der Waals surface area contributed by atoms with Gasteiger partial charge in [0.1, 0.15) is 0 Å². The number of aromatic nitrogens is 2. The molecular formula is C21H16N2O2. The first kappa shape index (κ1) is 15.1. The van der Waals surface area contributed by atoms with Crippen LogP contribution in [0.1, 0.15) is 6.92 Å². The summed E-state index contributed by atoms with van der Waals surface area (Å²) in [7, 11) is 0. The summed E-state index contributed by atoms with van der Waals surface area (Å²) >= 11 is 0. The summed E-state index contributed by atoms with van der Waals surface area (Å²) in [5.74, 6) is 0. The highest BCUT2D eigenvalue weighted by atomic mass is 16.1. The van der Waals surface area contributed by atoms with Crippen molar-refractivity contribution in [3.63, 3.8) is 0 Å². The Morgan fingerprint density at radius 1 is 0.880 bits per heavy atom. The van der Waals surface area contributed by atoms with Gasteiger partial charge in [0.2, 0.25) is 0 Å². The number of para-hydroxylation sites is 1. The average Bonchev–Trinajstić information content (AvgIpc) is 2.61. The van der Waals surface area contributed by atoms with Crippen LogP contribution in [-0.4, -0.2) is 9.97 Å². The van der Waals surface area contributed by atoms with E-state index in [4.69, 9.17) is 0 Å². The first-order chi connectivity index (χ1) is 12.1. The lowest BCUT2D eigenvalue weighted by Crippen LogP contribution is -2.40. The molecule has 0 fully saturated rings. The largest absolute Gasteiger partial charge is 0.355 e. The number of rotatable bonds is 1. The lowest BCUT2D eigenvalue weighted by atomic mass is 10.1. The van der Waals surface area contributed by atoms with E-state index in [1.54, 1.807) is 24.3 Å². The number of fused-ring (bicyclic) bond motifs is 3. The van der Waals surface area contributed by atoms with Gasteiger partial charge < -0.3 is 9.97 Å². The fourth-order valence-corrected chi connectivity index (χ4v) is 3.14. The summed E-state index contributed by atoms with van der Waals surface area (Å²) in [5.41, 5.74) is 1.86. The predicted octanol–water partition coefficient (Wildman–Crippen LogP) is 2.29. The van der Waals surface area contributed by atoms with Gasteiger partial charge in [0.15, 0.2) is 10.9 Å². The molecule has 4 rings (SSSR count). The summed E-state index contributed by atoms with van der Waals surface area (Å²) in [4.78, 5) is 32.0. The highest BCUT2D eigenvalue weighted by Gasteiger charge is 2.09. The van der Waals surface area contributed by atoms with Crippen LogP contribution in [0.2, 0.25) is 0 Å². The molecule has 4 nitrogen and oxygen atoms in total. The van der Waals surface area contributed by atoms with Crippen LogP contribution in [0.4, 0.5) is 0 Å². The molecule has 25 heavy (non-hydrogen) atoms. The molecular weight excluding hydrogens is 312 g/mol. The monoisotopic (exact) mass is 328 g/mol. The zero-order valence-corrected chi connectivity index (χ0v) is 13.7. The van der Waals surface area contributed by atoms with Crippen molar-refractivity contribution in [3.8, 4) is 0 Å². The van der Waals surface area contributed by atoms with Crippen molar-refractivity contribution in [3.05, 3.63) is 79.6 Å². The van der Waals surface area contributed by atoms with Crippen LogP contribution in [0.15, 0.2) is 58.1 Å². The number of hydrogen-bond acceptors (Lipinski definition) is 2. The Bertz CT molecular complexity index is 1410. The third-order valence-corrected chi connectivity index (χ3v) is 4.40. The van der Waals surface area contributed by atoms with E-state index in [9.17, 15) is 9.59 Å². The van der Waals surface area contributed by atoms with Gasteiger partial charge >= 0.3 is 0 Å². The maximum atomic E-state index is 12.8. The molecule has 2 heterocycles. The summed E-state index contributed by atoms with van der Waals surface area (Å²) in [6.07, 6.45) is 5.41. The molecule has 0 spiro atoms. The molecule has 0 saturated heterocycles. The van der Waals surface area contributed by atoms with Crippen LogP contribution in [0.3, 0.4) is 0 Å². The topological polar surface area (TPSA) is 65.7 Å². The number of hydrogen-bond donors (Lipinski definition) is 2. The summed E-state index contributed by atoms with van der Waals surface area (Å²) in [6.45, 7) is 5.82. The summed E-state index contributed by atoms with van der Waals surface area (Å²) in [6, 6.07) is 10.8. The van der Waals surface area contributed by atoms with E-state index >= 15 is 0 Å². The normalized spacial score (nSPS) is 12.8. The summed E-state index contributed by atoms with van der Waals surface area (Å²) in [5, 5.41) is 2.76. The molecule has 4 heteroatoms. The molecule has 0 saturated carbocycles. The third-order valence-electron chi connectivity index (χ3n) is 4.40. The molecule has 0 bridgehead atoms. The number of nitrogens with one attached hydrogen (secondary N) is 2. The van der Waals surface area contributed by atoms with Crippen molar-refractivity contribution in [2.45, 2.75) is 6.92 Å². The minimum Gasteiger partial charge on any atom is -0.355 e. The Labute approximate surface area is 142 Å². The minimum absolute atomic E-state index is 0.0535. The van der Waals surface area contributed by atoms with Gasteiger partial charge in [0.05, 0.1) is 11.0 Å². The smallest absolute Gasteiger partial charge is 0.197 e. The first-order valence-electron chi connectivity index (χ1n) is 8.03. The van der Waals surface area contributed by atoms with Crippen LogP contribution < -0.4 is 21.4 Å². The van der Waals surface area contributed by atoms with Crippen molar-refractivity contribution in [2.24, 2.45) is 0 Å². The van der Waals surface area contributed by atoms with Gasteiger partial charge in [0, 0.05) is 32.2 Å². The van der Waals surface area contributed by atoms with E-state index in [0.29, 0.717) is 37.8 Å². The van der Waals surface area contributed by atoms with Crippen molar-refractivity contribution in [1.82, 2.24) is 9.97 Å². The number of aromatic amines is 2. The Morgan fingerprint density at radius 3 is 2.32 bits per heavy atom. The molecule has 2 aromatic heterocycles. The third kappa shape index (κ3) is 2.31. The van der Waals surface area contributed by atoms with E-state index in [0.717, 1.165) is 5.52 Å². The molecule has 2 aromatic carbocycles. The van der Waals surface area contributed by atoms with Crippen molar-refractivity contribution in [1.29, 1.82) is 0 Å². The summed E-state index contributed by atoms with van der Waals surface area (Å²) < 4.78 is 0. The van der Waals surface area contributed by atoms with E-state index < -0.39 is 0 Å². The molecule has 2 N–H and O–H groups in total. The molecule has 0 amide bonds. The second-order valence-corrected chi connectivity index (χ2v) is 5.98. The average molecular weight is 328 g/mol. The fraction of sp³-hybridized carbons (Fsp3) is 0.0476. The maximum absolute atomic E-state index is 12.8. The van der Waals surface area contributed by atoms with Crippen molar-refractivity contribution in [2.75, 3.05) is 0 Å². The van der Waals surface area contributed by atoms with Crippen LogP contribution in [0.5, 0.6) is 0 Å². The molecule has 0 unspecified atom stereocenters. The number of benzene rings is 2. The zero-order valence-electron chi connectivity index (χ0n) is 13.7. The lowest BCUT2D eigenvalue weighted by Gasteiger charge is -2.05. The second-order valence-electron chi connectivity index (χ2n) is 5.98. The van der Waals surface area contributed by atoms with Gasteiger partial charge in [-0.2, -0.15) is 0 Å². The Kier molecular flexibility index (Phi) is 3.39. The van der Waals surface area contributed by atoms with Crippen LogP contribution >= 0.6 is 0 Å². The molecule has 4 aromatic rings. The number of pyridine rings is 2. The zero-order chi connectivity index (χ0) is 17.6. The first-order valence-corrected chi connectivity index (χ1v) is 8.03. The number of H-pyrrole nitrogens is 2. The van der Waals surface area contributed by atoms with Crippen LogP contribution in [0.25, 0.3) is 45.4 Å². The van der Waals surface area contributed by atoms with E-state index in [1.165, 1.54) is 0 Å². The van der Waals surface area contributed by atoms with Gasteiger partial charge in [-0.05, 0) is 37.3 Å². The van der Waals surface area contributed by atoms with Crippen molar-refractivity contribution >= 4 is 45.4 Å². The highest BCUT2D eigenvalue weighted by Crippen LogP contribution is 2.17. The highest BCUT2D eigenvalue weighted by molar-refractivity contribution is 5.99. The van der Waals surface area contributed by atoms with Gasteiger partial charge in [-0.3, -0.25) is 9.59 Å². The Balaban J connectivity index is 2.23. The standard InChI is InChI=1S/C21H16N2O2/c1-3-4-7-13-12(2)22-18-10-16-19(11-15(18)20(13)24)23-17-9-6-5-8-14(17)21(16)25/h3-11,22H,2H2,1H3,(H,23,25)/b4-3-,13-7+. The quantitative estimate of drug-likeness (QED) is 0.527. The molecule has 0 radical (unpaired) electrons. The van der Waals surface area contributed by atoms with Crippen LogP contribution in [0, 0.1) is 0 Å². The molecule has 0 aliphatic carbocycles. The van der Waals surface area contributed by atoms with E-state index in [2.05, 4.69) is 16.5 Å². The van der Waals surface area contributed by atoms with Gasteiger partial charge in [-0.15, -0.1) is 0 Å². The SMILES string of the molecule is C=c1[nH]c2cc3c(=O)c4ccccc4[nH]c3cc2c(=O)/c1=C/C=C\C. The lowest BCUT2D eigenvalue weighted by molar-refractivity contribution is 1.27. The van der Waals surface area contributed by atoms with Gasteiger partial charge in [-0.1, -0.05) is 30.9 Å². The molecule has 0 aliphatic heterocycles. The molecule has 122 valence electrons. The van der Waals surface area contributed by atoms with E-state index in [1.807, 2.05) is 37.3 Å². The molecule has 0 aliphatic rings. The minimum atomic E-state index is -0.104. The Morgan fingerprint density at radius 2 is 1.56 bits per heavy atom. The van der Waals surface area contributed by atoms with Gasteiger partial charge in [0.25, 0.3) is 0 Å². The number of allylic oxidation sites excluding steroid dienone is 2. The van der Waals surface area contributed by atoms with Crippen LogP contribution in [-0.2, 0) is 0 Å². The van der Waals surface area contributed by atoms with E-state index in [-0.39, 0.29) is 10.9 Å².